The number of hydrogen-bond acceptors (Lipinski definition) is 6. The van der Waals surface area contributed by atoms with E-state index in [1.807, 2.05) is 0 Å². The standard InChI is InChI=1S/C17H15NO5S/c1-3-9-23-13-7-5-12(6-8-13)10-14-16(20)18(17(21)24-14)11-15(19)22-4-2/h1,5-8,10H,4,9,11H2,2H3. The van der Waals surface area contributed by atoms with E-state index in [0.29, 0.717) is 5.75 Å². The third-order valence-electron chi connectivity index (χ3n) is 2.97. The molecule has 1 aliphatic heterocycles. The van der Waals surface area contributed by atoms with E-state index in [0.717, 1.165) is 22.2 Å². The Morgan fingerprint density at radius 1 is 1.33 bits per heavy atom. The molecule has 0 radical (unpaired) electrons. The van der Waals surface area contributed by atoms with E-state index >= 15 is 0 Å². The lowest BCUT2D eigenvalue weighted by molar-refractivity contribution is -0.145. The molecule has 6 nitrogen and oxygen atoms in total. The van der Waals surface area contributed by atoms with Gasteiger partial charge in [-0.15, -0.1) is 6.42 Å². The van der Waals surface area contributed by atoms with Crippen molar-refractivity contribution >= 4 is 35.0 Å². The monoisotopic (exact) mass is 345 g/mol. The van der Waals surface area contributed by atoms with E-state index in [1.165, 1.54) is 0 Å². The van der Waals surface area contributed by atoms with Crippen molar-refractivity contribution in [1.82, 2.24) is 4.90 Å². The van der Waals surface area contributed by atoms with Gasteiger partial charge in [-0.3, -0.25) is 19.3 Å². The van der Waals surface area contributed by atoms with Crippen LogP contribution in [0.25, 0.3) is 6.08 Å². The summed E-state index contributed by atoms with van der Waals surface area (Å²) < 4.78 is 10.0. The van der Waals surface area contributed by atoms with E-state index in [-0.39, 0.29) is 24.7 Å². The second-order valence-electron chi connectivity index (χ2n) is 4.63. The minimum atomic E-state index is -0.615. The number of ether oxygens (including phenoxy) is 2. The molecule has 1 aliphatic rings. The quantitative estimate of drug-likeness (QED) is 0.447. The topological polar surface area (TPSA) is 72.9 Å². The van der Waals surface area contributed by atoms with E-state index in [2.05, 4.69) is 5.92 Å². The van der Waals surface area contributed by atoms with Crippen LogP contribution in [0.2, 0.25) is 0 Å². The Morgan fingerprint density at radius 2 is 2.04 bits per heavy atom. The van der Waals surface area contributed by atoms with Gasteiger partial charge in [-0.25, -0.2) is 0 Å². The summed E-state index contributed by atoms with van der Waals surface area (Å²) in [5, 5.41) is -0.492. The molecule has 0 spiro atoms. The van der Waals surface area contributed by atoms with Gasteiger partial charge in [-0.2, -0.15) is 0 Å². The number of amides is 2. The molecule has 2 amide bonds. The first-order chi connectivity index (χ1) is 11.5. The Morgan fingerprint density at radius 3 is 2.67 bits per heavy atom. The van der Waals surface area contributed by atoms with Gasteiger partial charge in [0.2, 0.25) is 0 Å². The molecular formula is C17H15NO5S. The number of hydrogen-bond donors (Lipinski definition) is 0. The Bertz CT molecular complexity index is 717. The molecule has 0 saturated carbocycles. The number of carbonyl (C=O) groups is 3. The molecule has 24 heavy (non-hydrogen) atoms. The maximum Gasteiger partial charge on any atom is 0.326 e. The fourth-order valence-electron chi connectivity index (χ4n) is 1.91. The summed E-state index contributed by atoms with van der Waals surface area (Å²) in [6, 6.07) is 6.91. The molecule has 0 atom stereocenters. The van der Waals surface area contributed by atoms with Crippen LogP contribution in [0.3, 0.4) is 0 Å². The van der Waals surface area contributed by atoms with E-state index in [1.54, 1.807) is 37.3 Å². The zero-order chi connectivity index (χ0) is 17.5. The highest BCUT2D eigenvalue weighted by Crippen LogP contribution is 2.32. The Labute approximate surface area is 143 Å². The van der Waals surface area contributed by atoms with Gasteiger partial charge < -0.3 is 9.47 Å². The van der Waals surface area contributed by atoms with Gasteiger partial charge in [0.05, 0.1) is 11.5 Å². The molecule has 0 unspecified atom stereocenters. The minimum Gasteiger partial charge on any atom is -0.481 e. The highest BCUT2D eigenvalue weighted by atomic mass is 32.2. The molecule has 0 aliphatic carbocycles. The van der Waals surface area contributed by atoms with Gasteiger partial charge in [0.25, 0.3) is 11.1 Å². The number of nitrogens with zero attached hydrogens (tertiary/aromatic N) is 1. The zero-order valence-electron chi connectivity index (χ0n) is 13.0. The van der Waals surface area contributed by atoms with Crippen LogP contribution in [0.5, 0.6) is 5.75 Å². The van der Waals surface area contributed by atoms with Crippen molar-refractivity contribution < 1.29 is 23.9 Å². The molecule has 0 bridgehead atoms. The Hall–Kier alpha value is -2.72. The third kappa shape index (κ3) is 4.40. The van der Waals surface area contributed by atoms with Crippen molar-refractivity contribution in [3.05, 3.63) is 34.7 Å². The van der Waals surface area contributed by atoms with Gasteiger partial charge in [0.15, 0.2) is 0 Å². The van der Waals surface area contributed by atoms with Crippen LogP contribution in [0.15, 0.2) is 29.2 Å². The van der Waals surface area contributed by atoms with Crippen molar-refractivity contribution in [2.45, 2.75) is 6.92 Å². The molecule has 0 aromatic heterocycles. The number of benzene rings is 1. The van der Waals surface area contributed by atoms with Crippen LogP contribution in [-0.4, -0.2) is 41.8 Å². The fraction of sp³-hybridized carbons (Fsp3) is 0.235. The molecule has 0 N–H and O–H groups in total. The SMILES string of the molecule is C#CCOc1ccc(C=C2SC(=O)N(CC(=O)OCC)C2=O)cc1. The number of thioether (sulfide) groups is 1. The lowest BCUT2D eigenvalue weighted by Gasteiger charge is -2.10. The van der Waals surface area contributed by atoms with Crippen molar-refractivity contribution in [2.24, 2.45) is 0 Å². The summed E-state index contributed by atoms with van der Waals surface area (Å²) in [4.78, 5) is 36.7. The third-order valence-corrected chi connectivity index (χ3v) is 3.87. The molecule has 124 valence electrons. The van der Waals surface area contributed by atoms with Crippen LogP contribution in [0.1, 0.15) is 12.5 Å². The second-order valence-corrected chi connectivity index (χ2v) is 5.63. The Balaban J connectivity index is 2.08. The molecule has 1 aromatic rings. The van der Waals surface area contributed by atoms with Crippen molar-refractivity contribution in [2.75, 3.05) is 19.8 Å². The molecule has 1 fully saturated rings. The number of esters is 1. The van der Waals surface area contributed by atoms with Crippen molar-refractivity contribution in [3.8, 4) is 18.1 Å². The average molecular weight is 345 g/mol. The molecule has 1 aromatic carbocycles. The molecule has 1 saturated heterocycles. The van der Waals surface area contributed by atoms with E-state index in [9.17, 15) is 14.4 Å². The smallest absolute Gasteiger partial charge is 0.326 e. The predicted octanol–water partition coefficient (Wildman–Crippen LogP) is 2.30. The van der Waals surface area contributed by atoms with Gasteiger partial charge >= 0.3 is 5.97 Å². The summed E-state index contributed by atoms with van der Waals surface area (Å²) in [7, 11) is 0. The lowest BCUT2D eigenvalue weighted by Crippen LogP contribution is -2.34. The van der Waals surface area contributed by atoms with Gasteiger partial charge in [-0.05, 0) is 42.5 Å². The number of rotatable bonds is 6. The molecule has 1 heterocycles. The molecular weight excluding hydrogens is 330 g/mol. The number of imide groups is 1. The summed E-state index contributed by atoms with van der Waals surface area (Å²) in [6.07, 6.45) is 6.70. The van der Waals surface area contributed by atoms with E-state index in [4.69, 9.17) is 15.9 Å². The largest absolute Gasteiger partial charge is 0.481 e. The normalized spacial score (nSPS) is 15.5. The number of terminal acetylenes is 1. The van der Waals surface area contributed by atoms with Gasteiger partial charge in [0.1, 0.15) is 18.9 Å². The minimum absolute atomic E-state index is 0.173. The van der Waals surface area contributed by atoms with Gasteiger partial charge in [-0.1, -0.05) is 18.1 Å². The zero-order valence-corrected chi connectivity index (χ0v) is 13.8. The van der Waals surface area contributed by atoms with Crippen LogP contribution < -0.4 is 4.74 Å². The summed E-state index contributed by atoms with van der Waals surface area (Å²) in [5.74, 6) is 1.85. The van der Waals surface area contributed by atoms with Crippen LogP contribution >= 0.6 is 11.8 Å². The lowest BCUT2D eigenvalue weighted by atomic mass is 10.2. The maximum atomic E-state index is 12.2. The highest BCUT2D eigenvalue weighted by molar-refractivity contribution is 8.18. The van der Waals surface area contributed by atoms with E-state index < -0.39 is 17.1 Å². The van der Waals surface area contributed by atoms with Gasteiger partial charge in [0, 0.05) is 0 Å². The van der Waals surface area contributed by atoms with Crippen LogP contribution in [0.4, 0.5) is 4.79 Å². The second kappa shape index (κ2) is 8.22. The summed E-state index contributed by atoms with van der Waals surface area (Å²) in [6.45, 7) is 1.64. The Kier molecular flexibility index (Phi) is 6.04. The predicted molar refractivity (Wildman–Crippen MR) is 90.1 cm³/mol. The average Bonchev–Trinajstić information content (AvgIpc) is 2.82. The fourth-order valence-corrected chi connectivity index (χ4v) is 2.75. The highest BCUT2D eigenvalue weighted by Gasteiger charge is 2.36. The van der Waals surface area contributed by atoms with Crippen molar-refractivity contribution in [1.29, 1.82) is 0 Å². The first-order valence-electron chi connectivity index (χ1n) is 7.12. The number of carbonyl (C=O) groups excluding carboxylic acids is 3. The summed E-state index contributed by atoms with van der Waals surface area (Å²) >= 11 is 0.788. The molecule has 2 rings (SSSR count). The first-order valence-corrected chi connectivity index (χ1v) is 7.94. The molecule has 7 heteroatoms. The first kappa shape index (κ1) is 17.6. The van der Waals surface area contributed by atoms with Crippen LogP contribution in [-0.2, 0) is 14.3 Å². The van der Waals surface area contributed by atoms with Crippen molar-refractivity contribution in [3.63, 3.8) is 0 Å². The summed E-state index contributed by atoms with van der Waals surface area (Å²) in [5.41, 5.74) is 0.727. The maximum absolute atomic E-state index is 12.2. The van der Waals surface area contributed by atoms with Crippen LogP contribution in [0, 0.1) is 12.3 Å².